The first-order valence-corrected chi connectivity index (χ1v) is 11.5. The quantitative estimate of drug-likeness (QED) is 0.492. The molecule has 13 heteroatoms. The Kier molecular flexibility index (Phi) is 7.45. The molecule has 0 bridgehead atoms. The molecule has 1 N–H and O–H groups in total. The number of rotatable bonds is 5. The number of benzene rings is 1. The maximum Gasteiger partial charge on any atom is 0.573 e. The first-order chi connectivity index (χ1) is 17.1. The topological polar surface area (TPSA) is 94.7 Å². The number of urea groups is 1. The van der Waals surface area contributed by atoms with E-state index in [0.717, 1.165) is 25.0 Å². The van der Waals surface area contributed by atoms with Gasteiger partial charge in [0.2, 0.25) is 5.91 Å². The largest absolute Gasteiger partial charge is 0.573 e. The van der Waals surface area contributed by atoms with E-state index in [1.165, 1.54) is 18.2 Å². The number of likely N-dealkylation sites (tertiary alicyclic amines) is 2. The maximum atomic E-state index is 13.9. The zero-order chi connectivity index (χ0) is 25.9. The molecule has 0 spiro atoms. The molecular weight excluding hydrogens is 484 g/mol. The van der Waals surface area contributed by atoms with Gasteiger partial charge in [-0.1, -0.05) is 6.07 Å². The molecule has 2 atom stereocenters. The summed E-state index contributed by atoms with van der Waals surface area (Å²) in [6, 6.07) is 2.92. The average Bonchev–Trinajstić information content (AvgIpc) is 3.43. The number of nitrogens with zero attached hydrogens (tertiary/aromatic N) is 5. The normalized spacial score (nSPS) is 20.4. The van der Waals surface area contributed by atoms with Gasteiger partial charge < -0.3 is 19.4 Å². The molecular formula is C23H26F4N6O3. The number of carbonyl (C=O) groups excluding carboxylic acids is 2. The Bertz CT molecular complexity index is 1090. The van der Waals surface area contributed by atoms with Crippen LogP contribution in [0.5, 0.6) is 5.75 Å². The Morgan fingerprint density at radius 3 is 2.47 bits per heavy atom. The number of halogens is 4. The predicted molar refractivity (Wildman–Crippen MR) is 120 cm³/mol. The summed E-state index contributed by atoms with van der Waals surface area (Å²) in [6.07, 6.45) is 0.732. The van der Waals surface area contributed by atoms with E-state index in [1.807, 2.05) is 4.90 Å². The molecule has 2 saturated heterocycles. The van der Waals surface area contributed by atoms with Gasteiger partial charge in [-0.05, 0) is 48.4 Å². The Labute approximate surface area is 204 Å². The van der Waals surface area contributed by atoms with E-state index < -0.39 is 17.9 Å². The summed E-state index contributed by atoms with van der Waals surface area (Å²) in [5.74, 6) is -1.79. The highest BCUT2D eigenvalue weighted by molar-refractivity contribution is 5.91. The molecule has 0 aliphatic carbocycles. The summed E-state index contributed by atoms with van der Waals surface area (Å²) in [6.45, 7) is 2.64. The fourth-order valence-corrected chi connectivity index (χ4v) is 4.68. The van der Waals surface area contributed by atoms with Gasteiger partial charge in [-0.25, -0.2) is 9.18 Å². The van der Waals surface area contributed by atoms with Crippen molar-refractivity contribution in [3.05, 3.63) is 47.5 Å². The number of carbonyl (C=O) groups is 2. The lowest BCUT2D eigenvalue weighted by atomic mass is 9.92. The maximum absolute atomic E-state index is 13.9. The van der Waals surface area contributed by atoms with E-state index in [4.69, 9.17) is 0 Å². The number of hydrogen-bond acceptors (Lipinski definition) is 5. The number of H-pyrrole nitrogens is 1. The van der Waals surface area contributed by atoms with E-state index in [9.17, 15) is 27.2 Å². The van der Waals surface area contributed by atoms with Crippen molar-refractivity contribution in [2.75, 3.05) is 33.2 Å². The molecule has 1 aromatic carbocycles. The van der Waals surface area contributed by atoms with Crippen LogP contribution in [0.3, 0.4) is 0 Å². The van der Waals surface area contributed by atoms with Gasteiger partial charge in [0.05, 0.1) is 12.7 Å². The molecule has 1 unspecified atom stereocenters. The molecule has 9 nitrogen and oxygen atoms in total. The Hall–Kier alpha value is -3.64. The molecule has 2 aliphatic heterocycles. The average molecular weight is 510 g/mol. The Morgan fingerprint density at radius 2 is 1.89 bits per heavy atom. The highest BCUT2D eigenvalue weighted by atomic mass is 19.4. The summed E-state index contributed by atoms with van der Waals surface area (Å²) < 4.78 is 54.3. The summed E-state index contributed by atoms with van der Waals surface area (Å²) >= 11 is 0. The molecule has 2 aromatic rings. The second kappa shape index (κ2) is 10.5. The van der Waals surface area contributed by atoms with Crippen LogP contribution in [0.2, 0.25) is 0 Å². The lowest BCUT2D eigenvalue weighted by molar-refractivity contribution is -0.275. The first-order valence-electron chi connectivity index (χ1n) is 11.5. The minimum atomic E-state index is -4.99. The molecule has 2 aliphatic rings. The zero-order valence-corrected chi connectivity index (χ0v) is 19.5. The van der Waals surface area contributed by atoms with Crippen molar-refractivity contribution in [1.29, 1.82) is 0 Å². The van der Waals surface area contributed by atoms with Gasteiger partial charge in [0.25, 0.3) is 0 Å². The molecule has 2 fully saturated rings. The molecule has 3 heterocycles. The number of nitrogens with one attached hydrogen (secondary N) is 1. The van der Waals surface area contributed by atoms with Crippen LogP contribution in [0.1, 0.15) is 24.1 Å². The van der Waals surface area contributed by atoms with Gasteiger partial charge in [0.15, 0.2) is 11.6 Å². The number of aromatic amines is 1. The number of ether oxygens (including phenoxy) is 1. The Balaban J connectivity index is 1.28. The highest BCUT2D eigenvalue weighted by Gasteiger charge is 2.38. The number of amides is 3. The molecule has 4 rings (SSSR count). The molecule has 0 radical (unpaired) electrons. The van der Waals surface area contributed by atoms with Crippen LogP contribution in [0.4, 0.5) is 22.4 Å². The number of aromatic nitrogens is 3. The monoisotopic (exact) mass is 510 g/mol. The van der Waals surface area contributed by atoms with Crippen LogP contribution >= 0.6 is 0 Å². The predicted octanol–water partition coefficient (Wildman–Crippen LogP) is 3.28. The van der Waals surface area contributed by atoms with Crippen LogP contribution in [0.25, 0.3) is 6.08 Å². The summed E-state index contributed by atoms with van der Waals surface area (Å²) in [5, 5.41) is 10.2. The Morgan fingerprint density at radius 1 is 1.19 bits per heavy atom. The van der Waals surface area contributed by atoms with E-state index in [0.29, 0.717) is 38.4 Å². The van der Waals surface area contributed by atoms with Crippen molar-refractivity contribution in [1.82, 2.24) is 30.1 Å². The van der Waals surface area contributed by atoms with Gasteiger partial charge in [-0.2, -0.15) is 15.4 Å². The second-order valence-electron chi connectivity index (χ2n) is 9.00. The van der Waals surface area contributed by atoms with Crippen molar-refractivity contribution in [2.45, 2.75) is 25.7 Å². The van der Waals surface area contributed by atoms with Crippen molar-refractivity contribution >= 4 is 18.0 Å². The first kappa shape index (κ1) is 25.5. The summed E-state index contributed by atoms with van der Waals surface area (Å²) in [4.78, 5) is 30.7. The number of alkyl halides is 3. The van der Waals surface area contributed by atoms with Gasteiger partial charge in [-0.15, -0.1) is 13.2 Å². The third kappa shape index (κ3) is 6.32. The smallest absolute Gasteiger partial charge is 0.403 e. The van der Waals surface area contributed by atoms with E-state index in [-0.39, 0.29) is 29.3 Å². The van der Waals surface area contributed by atoms with Crippen LogP contribution in [-0.4, -0.2) is 81.6 Å². The lowest BCUT2D eigenvalue weighted by Crippen LogP contribution is -2.40. The lowest BCUT2D eigenvalue weighted by Gasteiger charge is -2.25. The minimum Gasteiger partial charge on any atom is -0.403 e. The van der Waals surface area contributed by atoms with Crippen LogP contribution < -0.4 is 4.74 Å². The SMILES string of the molecule is CN(Cc1cn[nH]n1)C(=O)N1CC2CCN(C(=O)/C=C/c3ccc(OC(F)(F)F)c(F)c3)CC[C@@H]2C1. The standard InChI is InChI=1S/C23H26F4N6O3/c1-31(14-18-11-28-30-29-18)22(35)33-12-16-6-8-32(9-7-17(16)13-33)21(34)5-3-15-2-4-20(19(24)10-15)36-23(25,26)27/h2-5,10-11,16-17H,6-9,12-14H2,1H3,(H,28,29,30)/b5-3+/t16-,17?/m1/s1. The molecule has 1 aromatic heterocycles. The van der Waals surface area contributed by atoms with Gasteiger partial charge >= 0.3 is 12.4 Å². The van der Waals surface area contributed by atoms with Crippen LogP contribution in [-0.2, 0) is 11.3 Å². The van der Waals surface area contributed by atoms with Crippen molar-refractivity contribution in [3.8, 4) is 5.75 Å². The van der Waals surface area contributed by atoms with E-state index in [2.05, 4.69) is 20.1 Å². The third-order valence-electron chi connectivity index (χ3n) is 6.49. The van der Waals surface area contributed by atoms with Gasteiger partial charge in [-0.3, -0.25) is 4.79 Å². The fraction of sp³-hybridized carbons (Fsp3) is 0.478. The second-order valence-corrected chi connectivity index (χ2v) is 9.00. The minimum absolute atomic E-state index is 0.0687. The highest BCUT2D eigenvalue weighted by Crippen LogP contribution is 2.32. The van der Waals surface area contributed by atoms with Gasteiger partial charge in [0.1, 0.15) is 5.69 Å². The van der Waals surface area contributed by atoms with Crippen molar-refractivity contribution < 1.29 is 31.9 Å². The van der Waals surface area contributed by atoms with Gasteiger partial charge in [0, 0.05) is 39.3 Å². The van der Waals surface area contributed by atoms with Crippen LogP contribution in [0, 0.1) is 17.7 Å². The third-order valence-corrected chi connectivity index (χ3v) is 6.49. The summed E-state index contributed by atoms with van der Waals surface area (Å²) in [7, 11) is 1.72. The molecule has 3 amide bonds. The van der Waals surface area contributed by atoms with Crippen molar-refractivity contribution in [3.63, 3.8) is 0 Å². The molecule has 194 valence electrons. The van der Waals surface area contributed by atoms with Crippen LogP contribution in [0.15, 0.2) is 30.5 Å². The summed E-state index contributed by atoms with van der Waals surface area (Å²) in [5.41, 5.74) is 0.917. The molecule has 0 saturated carbocycles. The number of hydrogen-bond donors (Lipinski definition) is 1. The van der Waals surface area contributed by atoms with E-state index in [1.54, 1.807) is 23.0 Å². The number of fused-ring (bicyclic) bond motifs is 1. The molecule has 36 heavy (non-hydrogen) atoms. The van der Waals surface area contributed by atoms with Crippen molar-refractivity contribution in [2.24, 2.45) is 11.8 Å². The zero-order valence-electron chi connectivity index (χ0n) is 19.5. The fourth-order valence-electron chi connectivity index (χ4n) is 4.68. The van der Waals surface area contributed by atoms with E-state index >= 15 is 0 Å².